The molecule has 0 bridgehead atoms. The highest BCUT2D eigenvalue weighted by molar-refractivity contribution is 5.81. The Bertz CT molecular complexity index is 557. The number of hydrogen-bond donors (Lipinski definition) is 1. The van der Waals surface area contributed by atoms with Gasteiger partial charge in [-0.15, -0.1) is 0 Å². The van der Waals surface area contributed by atoms with Gasteiger partial charge in [-0.1, -0.05) is 20.8 Å². The molecule has 5 heteroatoms. The van der Waals surface area contributed by atoms with Crippen LogP contribution in [0.2, 0.25) is 0 Å². The van der Waals surface area contributed by atoms with Crippen molar-refractivity contribution in [3.05, 3.63) is 12.7 Å². The Balaban J connectivity index is 2.17. The first kappa shape index (κ1) is 9.57. The monoisotopic (exact) mass is 217 g/mol. The van der Waals surface area contributed by atoms with Crippen LogP contribution in [-0.4, -0.2) is 19.5 Å². The summed E-state index contributed by atoms with van der Waals surface area (Å²) in [5.74, 6) is 1.09. The Hall–Kier alpha value is -1.65. The van der Waals surface area contributed by atoms with Gasteiger partial charge < -0.3 is 10.3 Å². The fraction of sp³-hybridized carbons (Fsp3) is 0.545. The number of nitrogens with zero attached hydrogens (tertiary/aromatic N) is 4. The summed E-state index contributed by atoms with van der Waals surface area (Å²) in [6.07, 6.45) is 3.32. The molecule has 1 aliphatic carbocycles. The van der Waals surface area contributed by atoms with Crippen molar-refractivity contribution in [1.29, 1.82) is 0 Å². The van der Waals surface area contributed by atoms with E-state index in [-0.39, 0.29) is 0 Å². The van der Waals surface area contributed by atoms with E-state index in [1.54, 1.807) is 0 Å². The first-order valence-electron chi connectivity index (χ1n) is 5.46. The van der Waals surface area contributed by atoms with E-state index >= 15 is 0 Å². The van der Waals surface area contributed by atoms with Crippen molar-refractivity contribution in [2.45, 2.75) is 26.8 Å². The molecular weight excluding hydrogens is 202 g/mol. The fourth-order valence-corrected chi connectivity index (χ4v) is 2.54. The second-order valence-corrected chi connectivity index (χ2v) is 5.14. The molecule has 2 unspecified atom stereocenters. The molecular formula is C11H15N5. The number of aromatic nitrogens is 4. The molecule has 1 fully saturated rings. The topological polar surface area (TPSA) is 69.6 Å². The van der Waals surface area contributed by atoms with Crippen LogP contribution in [-0.2, 0) is 0 Å². The molecule has 2 aromatic rings. The number of rotatable bonds is 1. The van der Waals surface area contributed by atoms with Crippen LogP contribution < -0.4 is 5.73 Å². The van der Waals surface area contributed by atoms with E-state index < -0.39 is 0 Å². The molecule has 1 aliphatic rings. The summed E-state index contributed by atoms with van der Waals surface area (Å²) < 4.78 is 2.12. The summed E-state index contributed by atoms with van der Waals surface area (Å²) >= 11 is 0. The van der Waals surface area contributed by atoms with Crippen LogP contribution in [0.3, 0.4) is 0 Å². The number of anilines is 1. The van der Waals surface area contributed by atoms with Crippen LogP contribution in [0.5, 0.6) is 0 Å². The quantitative estimate of drug-likeness (QED) is 0.788. The molecule has 5 nitrogen and oxygen atoms in total. The van der Waals surface area contributed by atoms with E-state index in [9.17, 15) is 0 Å². The third-order valence-electron chi connectivity index (χ3n) is 3.99. The predicted octanol–water partition coefficient (Wildman–Crippen LogP) is 1.63. The lowest BCUT2D eigenvalue weighted by Crippen LogP contribution is -2.01. The Morgan fingerprint density at radius 2 is 2.00 bits per heavy atom. The molecule has 16 heavy (non-hydrogen) atoms. The van der Waals surface area contributed by atoms with Crippen LogP contribution in [0, 0.1) is 11.3 Å². The third kappa shape index (κ3) is 1.03. The standard InChI is InChI=1S/C11H15N5/c1-6-8(11(6,2)3)16-5-15-7-9(12)13-4-14-10(7)16/h4-6,8H,1-3H3,(H2,12,13,14). The van der Waals surface area contributed by atoms with Crippen LogP contribution >= 0.6 is 0 Å². The van der Waals surface area contributed by atoms with Gasteiger partial charge in [-0.2, -0.15) is 0 Å². The summed E-state index contributed by atoms with van der Waals surface area (Å²) in [6, 6.07) is 0.465. The van der Waals surface area contributed by atoms with Gasteiger partial charge in [0.25, 0.3) is 0 Å². The highest BCUT2D eigenvalue weighted by Crippen LogP contribution is 2.61. The summed E-state index contributed by atoms with van der Waals surface area (Å²) in [5.41, 5.74) is 7.63. The van der Waals surface area contributed by atoms with Crippen molar-refractivity contribution < 1.29 is 0 Å². The average Bonchev–Trinajstić information content (AvgIpc) is 2.64. The second kappa shape index (κ2) is 2.72. The minimum Gasteiger partial charge on any atom is -0.382 e. The molecule has 0 radical (unpaired) electrons. The van der Waals surface area contributed by atoms with E-state index in [0.717, 1.165) is 5.65 Å². The Morgan fingerprint density at radius 3 is 2.62 bits per heavy atom. The van der Waals surface area contributed by atoms with Crippen molar-refractivity contribution >= 4 is 17.0 Å². The zero-order valence-electron chi connectivity index (χ0n) is 9.68. The van der Waals surface area contributed by atoms with Gasteiger partial charge >= 0.3 is 0 Å². The number of nitrogen functional groups attached to an aromatic ring is 1. The Morgan fingerprint density at radius 1 is 1.31 bits per heavy atom. The molecule has 0 aromatic carbocycles. The normalized spacial score (nSPS) is 27.2. The third-order valence-corrected chi connectivity index (χ3v) is 3.99. The lowest BCUT2D eigenvalue weighted by Gasteiger charge is -2.04. The zero-order valence-corrected chi connectivity index (χ0v) is 9.68. The minimum absolute atomic E-state index is 0.313. The molecule has 1 saturated carbocycles. The van der Waals surface area contributed by atoms with Crippen LogP contribution in [0.4, 0.5) is 5.82 Å². The molecule has 84 valence electrons. The van der Waals surface area contributed by atoms with Gasteiger partial charge in [-0.05, 0) is 11.3 Å². The maximum atomic E-state index is 5.77. The van der Waals surface area contributed by atoms with Gasteiger partial charge in [0, 0.05) is 6.04 Å². The molecule has 2 atom stereocenters. The van der Waals surface area contributed by atoms with Crippen molar-refractivity contribution in [3.63, 3.8) is 0 Å². The highest BCUT2D eigenvalue weighted by atomic mass is 15.2. The number of hydrogen-bond acceptors (Lipinski definition) is 4. The van der Waals surface area contributed by atoms with E-state index in [4.69, 9.17) is 5.73 Å². The van der Waals surface area contributed by atoms with Gasteiger partial charge in [0.15, 0.2) is 11.5 Å². The minimum atomic E-state index is 0.313. The Kier molecular flexibility index (Phi) is 1.63. The summed E-state index contributed by atoms with van der Waals surface area (Å²) in [4.78, 5) is 12.5. The van der Waals surface area contributed by atoms with E-state index in [1.165, 1.54) is 6.33 Å². The zero-order chi connectivity index (χ0) is 11.5. The van der Waals surface area contributed by atoms with Crippen molar-refractivity contribution in [2.24, 2.45) is 11.3 Å². The lowest BCUT2D eigenvalue weighted by atomic mass is 10.1. The van der Waals surface area contributed by atoms with Gasteiger partial charge in [0.1, 0.15) is 11.8 Å². The first-order chi connectivity index (χ1) is 7.53. The second-order valence-electron chi connectivity index (χ2n) is 5.14. The molecule has 0 aliphatic heterocycles. The highest BCUT2D eigenvalue weighted by Gasteiger charge is 2.56. The molecule has 0 spiro atoms. The Labute approximate surface area is 93.7 Å². The average molecular weight is 217 g/mol. The molecule has 0 amide bonds. The molecule has 2 aromatic heterocycles. The maximum absolute atomic E-state index is 5.77. The SMILES string of the molecule is CC1C(n2cnc3c(N)ncnc32)C1(C)C. The van der Waals surface area contributed by atoms with Crippen LogP contribution in [0.15, 0.2) is 12.7 Å². The van der Waals surface area contributed by atoms with E-state index in [1.807, 2.05) is 6.33 Å². The van der Waals surface area contributed by atoms with Crippen LogP contribution in [0.25, 0.3) is 11.2 Å². The van der Waals surface area contributed by atoms with Gasteiger partial charge in [0.05, 0.1) is 6.33 Å². The summed E-state index contributed by atoms with van der Waals surface area (Å²) in [6.45, 7) is 6.78. The molecule has 0 saturated heterocycles. The van der Waals surface area contributed by atoms with E-state index in [2.05, 4.69) is 40.3 Å². The summed E-state index contributed by atoms with van der Waals surface area (Å²) in [7, 11) is 0. The predicted molar refractivity (Wildman–Crippen MR) is 61.7 cm³/mol. The van der Waals surface area contributed by atoms with Gasteiger partial charge in [-0.25, -0.2) is 15.0 Å². The smallest absolute Gasteiger partial charge is 0.165 e. The molecule has 3 rings (SSSR count). The number of nitrogens with two attached hydrogens (primary N) is 1. The van der Waals surface area contributed by atoms with Gasteiger partial charge in [0.2, 0.25) is 0 Å². The lowest BCUT2D eigenvalue weighted by molar-refractivity contribution is 0.536. The largest absolute Gasteiger partial charge is 0.382 e. The maximum Gasteiger partial charge on any atom is 0.165 e. The van der Waals surface area contributed by atoms with E-state index in [0.29, 0.717) is 28.7 Å². The summed E-state index contributed by atoms with van der Waals surface area (Å²) in [5, 5.41) is 0. The fourth-order valence-electron chi connectivity index (χ4n) is 2.54. The van der Waals surface area contributed by atoms with Crippen molar-refractivity contribution in [1.82, 2.24) is 19.5 Å². The number of imidazole rings is 1. The molecule has 2 heterocycles. The van der Waals surface area contributed by atoms with Crippen molar-refractivity contribution in [3.8, 4) is 0 Å². The first-order valence-corrected chi connectivity index (χ1v) is 5.46. The van der Waals surface area contributed by atoms with Crippen molar-refractivity contribution in [2.75, 3.05) is 5.73 Å². The van der Waals surface area contributed by atoms with Gasteiger partial charge in [-0.3, -0.25) is 0 Å². The number of fused-ring (bicyclic) bond motifs is 1. The van der Waals surface area contributed by atoms with Crippen LogP contribution in [0.1, 0.15) is 26.8 Å². The molecule has 2 N–H and O–H groups in total.